The minimum atomic E-state index is 0.906. The number of rotatable bonds is 6. The molecule has 1 N–H and O–H groups in total. The van der Waals surface area contributed by atoms with Crippen molar-refractivity contribution in [1.29, 1.82) is 0 Å². The predicted molar refractivity (Wildman–Crippen MR) is 83.2 cm³/mol. The summed E-state index contributed by atoms with van der Waals surface area (Å²) in [6.45, 7) is 21.9. The Hall–Kier alpha value is -1.76. The van der Waals surface area contributed by atoms with Crippen LogP contribution >= 0.6 is 0 Å². The van der Waals surface area contributed by atoms with Crippen LogP contribution in [0.1, 0.15) is 34.6 Å². The third-order valence-corrected chi connectivity index (χ3v) is 2.47. The standard InChI is InChI=1S/C17H25N/c1-9-10-17(18-14(6)7)16(13(4)5)11-15(8)12(2)3/h9-11,18H,2,4,6H2,1,3,5,7-8H3/b10-9-,15-11+,17-16+. The summed E-state index contributed by atoms with van der Waals surface area (Å²) < 4.78 is 0. The molecule has 0 aliphatic heterocycles. The van der Waals surface area contributed by atoms with E-state index in [1.54, 1.807) is 0 Å². The summed E-state index contributed by atoms with van der Waals surface area (Å²) in [6, 6.07) is 0. The molecule has 0 atom stereocenters. The molecule has 0 amide bonds. The first kappa shape index (κ1) is 16.2. The van der Waals surface area contributed by atoms with Gasteiger partial charge in [0, 0.05) is 17.0 Å². The van der Waals surface area contributed by atoms with E-state index in [1.807, 2.05) is 39.8 Å². The molecule has 0 rings (SSSR count). The topological polar surface area (TPSA) is 12.0 Å². The van der Waals surface area contributed by atoms with Crippen LogP contribution in [0.2, 0.25) is 0 Å². The molecule has 1 nitrogen and oxygen atoms in total. The minimum Gasteiger partial charge on any atom is -0.359 e. The minimum absolute atomic E-state index is 0.906. The van der Waals surface area contributed by atoms with Gasteiger partial charge in [0.25, 0.3) is 0 Å². The number of hydrogen-bond donors (Lipinski definition) is 1. The van der Waals surface area contributed by atoms with Gasteiger partial charge in [-0.3, -0.25) is 0 Å². The lowest BCUT2D eigenvalue weighted by atomic mass is 10.0. The lowest BCUT2D eigenvalue weighted by Crippen LogP contribution is -2.10. The average molecular weight is 243 g/mol. The van der Waals surface area contributed by atoms with E-state index in [2.05, 4.69) is 38.1 Å². The fourth-order valence-corrected chi connectivity index (χ4v) is 1.37. The van der Waals surface area contributed by atoms with Gasteiger partial charge in [-0.25, -0.2) is 0 Å². The quantitative estimate of drug-likeness (QED) is 0.644. The fraction of sp³-hybridized carbons (Fsp3) is 0.294. The van der Waals surface area contributed by atoms with Crippen LogP contribution < -0.4 is 5.32 Å². The molecule has 0 aromatic rings. The van der Waals surface area contributed by atoms with Gasteiger partial charge in [0.15, 0.2) is 0 Å². The Kier molecular flexibility index (Phi) is 6.81. The molecular formula is C17H25N. The molecule has 0 aromatic heterocycles. The van der Waals surface area contributed by atoms with E-state index in [0.717, 1.165) is 33.7 Å². The molecule has 0 aliphatic rings. The van der Waals surface area contributed by atoms with E-state index in [0.29, 0.717) is 0 Å². The summed E-state index contributed by atoms with van der Waals surface area (Å²) in [7, 11) is 0. The molecule has 0 bridgehead atoms. The van der Waals surface area contributed by atoms with Crippen molar-refractivity contribution in [1.82, 2.24) is 5.32 Å². The maximum Gasteiger partial charge on any atom is 0.0454 e. The second kappa shape index (κ2) is 7.54. The summed E-state index contributed by atoms with van der Waals surface area (Å²) in [5.41, 5.74) is 6.22. The largest absolute Gasteiger partial charge is 0.359 e. The Morgan fingerprint density at radius 1 is 0.944 bits per heavy atom. The summed E-state index contributed by atoms with van der Waals surface area (Å²) in [6.07, 6.45) is 6.13. The van der Waals surface area contributed by atoms with Crippen LogP contribution in [-0.2, 0) is 0 Å². The smallest absolute Gasteiger partial charge is 0.0454 e. The van der Waals surface area contributed by atoms with Crippen molar-refractivity contribution < 1.29 is 0 Å². The van der Waals surface area contributed by atoms with Gasteiger partial charge in [-0.15, -0.1) is 0 Å². The highest BCUT2D eigenvalue weighted by atomic mass is 14.9. The Labute approximate surface area is 112 Å². The molecular weight excluding hydrogens is 218 g/mol. The van der Waals surface area contributed by atoms with Crippen LogP contribution in [0.3, 0.4) is 0 Å². The molecule has 0 aromatic carbocycles. The van der Waals surface area contributed by atoms with Gasteiger partial charge in [0.05, 0.1) is 0 Å². The first-order valence-electron chi connectivity index (χ1n) is 6.09. The highest BCUT2D eigenvalue weighted by Gasteiger charge is 2.04. The van der Waals surface area contributed by atoms with Gasteiger partial charge in [0.2, 0.25) is 0 Å². The SMILES string of the molecule is C=C(C)NC(/C=C\C)=C(\C=C(/C)C(=C)C)C(=C)C. The van der Waals surface area contributed by atoms with Crippen LogP contribution in [0.25, 0.3) is 0 Å². The van der Waals surface area contributed by atoms with Crippen molar-refractivity contribution in [3.05, 3.63) is 71.7 Å². The summed E-state index contributed by atoms with van der Waals surface area (Å²) in [5, 5.41) is 3.27. The first-order chi connectivity index (χ1) is 8.29. The van der Waals surface area contributed by atoms with E-state index in [-0.39, 0.29) is 0 Å². The van der Waals surface area contributed by atoms with E-state index >= 15 is 0 Å². The maximum atomic E-state index is 4.04. The molecule has 98 valence electrons. The Morgan fingerprint density at radius 3 is 1.83 bits per heavy atom. The van der Waals surface area contributed by atoms with Crippen LogP contribution in [-0.4, -0.2) is 0 Å². The van der Waals surface area contributed by atoms with Crippen LogP contribution in [0.4, 0.5) is 0 Å². The lowest BCUT2D eigenvalue weighted by molar-refractivity contribution is 0.994. The van der Waals surface area contributed by atoms with Crippen molar-refractivity contribution >= 4 is 0 Å². The summed E-state index contributed by atoms with van der Waals surface area (Å²) in [4.78, 5) is 0. The molecule has 0 aliphatic carbocycles. The Balaban J connectivity index is 5.76. The van der Waals surface area contributed by atoms with Gasteiger partial charge in [0.1, 0.15) is 0 Å². The predicted octanol–water partition coefficient (Wildman–Crippen LogP) is 5.04. The van der Waals surface area contributed by atoms with E-state index in [9.17, 15) is 0 Å². The van der Waals surface area contributed by atoms with Crippen molar-refractivity contribution in [3.63, 3.8) is 0 Å². The molecule has 18 heavy (non-hydrogen) atoms. The van der Waals surface area contributed by atoms with Crippen molar-refractivity contribution in [2.24, 2.45) is 0 Å². The second-order valence-electron chi connectivity index (χ2n) is 4.62. The molecule has 0 saturated heterocycles. The monoisotopic (exact) mass is 243 g/mol. The molecule has 1 heteroatoms. The van der Waals surface area contributed by atoms with Crippen molar-refractivity contribution in [3.8, 4) is 0 Å². The zero-order valence-electron chi connectivity index (χ0n) is 12.4. The van der Waals surface area contributed by atoms with E-state index in [4.69, 9.17) is 0 Å². The van der Waals surface area contributed by atoms with E-state index in [1.165, 1.54) is 0 Å². The molecule has 0 fully saturated rings. The molecule has 0 radical (unpaired) electrons. The Bertz CT molecular complexity index is 442. The molecule has 0 saturated carbocycles. The lowest BCUT2D eigenvalue weighted by Gasteiger charge is -2.13. The van der Waals surface area contributed by atoms with Crippen molar-refractivity contribution in [2.45, 2.75) is 34.6 Å². The molecule has 0 spiro atoms. The maximum absolute atomic E-state index is 4.04. The molecule has 0 heterocycles. The second-order valence-corrected chi connectivity index (χ2v) is 4.62. The van der Waals surface area contributed by atoms with Crippen LogP contribution in [0.5, 0.6) is 0 Å². The molecule has 0 unspecified atom stereocenters. The zero-order chi connectivity index (χ0) is 14.3. The van der Waals surface area contributed by atoms with Gasteiger partial charge < -0.3 is 5.32 Å². The van der Waals surface area contributed by atoms with Crippen LogP contribution in [0.15, 0.2) is 71.7 Å². The van der Waals surface area contributed by atoms with Crippen molar-refractivity contribution in [2.75, 3.05) is 0 Å². The van der Waals surface area contributed by atoms with Gasteiger partial charge in [-0.05, 0) is 57.9 Å². The third-order valence-electron chi connectivity index (χ3n) is 2.47. The summed E-state index contributed by atoms with van der Waals surface area (Å²) >= 11 is 0. The van der Waals surface area contributed by atoms with Gasteiger partial charge in [-0.1, -0.05) is 31.4 Å². The van der Waals surface area contributed by atoms with Gasteiger partial charge >= 0.3 is 0 Å². The highest BCUT2D eigenvalue weighted by molar-refractivity contribution is 5.48. The average Bonchev–Trinajstić information content (AvgIpc) is 2.23. The highest BCUT2D eigenvalue weighted by Crippen LogP contribution is 2.19. The van der Waals surface area contributed by atoms with Gasteiger partial charge in [-0.2, -0.15) is 0 Å². The number of nitrogens with one attached hydrogen (secondary N) is 1. The zero-order valence-corrected chi connectivity index (χ0v) is 12.4. The number of allylic oxidation sites excluding steroid dienone is 8. The normalized spacial score (nSPS) is 13.3. The number of hydrogen-bond acceptors (Lipinski definition) is 1. The van der Waals surface area contributed by atoms with Crippen LogP contribution in [0, 0.1) is 0 Å². The fourth-order valence-electron chi connectivity index (χ4n) is 1.37. The summed E-state index contributed by atoms with van der Waals surface area (Å²) in [5.74, 6) is 0. The third kappa shape index (κ3) is 5.53. The Morgan fingerprint density at radius 2 is 1.50 bits per heavy atom. The van der Waals surface area contributed by atoms with E-state index < -0.39 is 0 Å². The first-order valence-corrected chi connectivity index (χ1v) is 6.09.